The number of carbonyl (C=O) groups excluding carboxylic acids is 2. The van der Waals surface area contributed by atoms with Crippen molar-refractivity contribution in [3.05, 3.63) is 42.5 Å². The zero-order chi connectivity index (χ0) is 14.8. The molecular formula is C15H13NO4S. The van der Waals surface area contributed by atoms with Gasteiger partial charge in [-0.15, -0.1) is 5.06 Å². The van der Waals surface area contributed by atoms with E-state index < -0.39 is 0 Å². The first-order valence-electron chi connectivity index (χ1n) is 6.64. The molecule has 5 nitrogen and oxygen atoms in total. The molecule has 0 saturated carbocycles. The molecule has 2 unspecified atom stereocenters. The molecule has 1 aliphatic carbocycles. The van der Waals surface area contributed by atoms with Gasteiger partial charge in [0, 0.05) is 12.2 Å². The fourth-order valence-corrected chi connectivity index (χ4v) is 2.71. The summed E-state index contributed by atoms with van der Waals surface area (Å²) < 4.78 is 5.27. The summed E-state index contributed by atoms with van der Waals surface area (Å²) in [5, 5.41) is 0.475. The SMILES string of the molecule is O=C1C2CC=CCC2C(=O)N1OC(=S)Oc1ccccc1. The lowest BCUT2D eigenvalue weighted by Crippen LogP contribution is -2.34. The average Bonchev–Trinajstić information content (AvgIpc) is 2.74. The van der Waals surface area contributed by atoms with Crippen LogP contribution in [0.1, 0.15) is 12.8 Å². The summed E-state index contributed by atoms with van der Waals surface area (Å²) in [6.07, 6.45) is 4.94. The van der Waals surface area contributed by atoms with Crippen LogP contribution in [0.4, 0.5) is 0 Å². The molecule has 0 aromatic heterocycles. The highest BCUT2D eigenvalue weighted by atomic mass is 32.1. The smallest absolute Gasteiger partial charge is 0.383 e. The Morgan fingerprint density at radius 3 is 2.19 bits per heavy atom. The first kappa shape index (κ1) is 13.8. The highest BCUT2D eigenvalue weighted by molar-refractivity contribution is 7.79. The van der Waals surface area contributed by atoms with Crippen molar-refractivity contribution in [1.82, 2.24) is 5.06 Å². The van der Waals surface area contributed by atoms with Crippen molar-refractivity contribution in [3.8, 4) is 5.75 Å². The van der Waals surface area contributed by atoms with Crippen molar-refractivity contribution in [2.45, 2.75) is 12.8 Å². The largest absolute Gasteiger partial charge is 0.416 e. The van der Waals surface area contributed by atoms with Crippen LogP contribution < -0.4 is 4.74 Å². The van der Waals surface area contributed by atoms with Crippen LogP contribution in [0.3, 0.4) is 0 Å². The zero-order valence-electron chi connectivity index (χ0n) is 11.1. The number of fused-ring (bicyclic) bond motifs is 1. The van der Waals surface area contributed by atoms with Gasteiger partial charge in [0.2, 0.25) is 0 Å². The van der Waals surface area contributed by atoms with Gasteiger partial charge < -0.3 is 9.57 Å². The first-order chi connectivity index (χ1) is 10.2. The monoisotopic (exact) mass is 303 g/mol. The van der Waals surface area contributed by atoms with Crippen LogP contribution in [0.25, 0.3) is 0 Å². The molecule has 0 N–H and O–H groups in total. The van der Waals surface area contributed by atoms with E-state index >= 15 is 0 Å². The summed E-state index contributed by atoms with van der Waals surface area (Å²) >= 11 is 4.94. The summed E-state index contributed by atoms with van der Waals surface area (Å²) in [5.74, 6) is -0.911. The van der Waals surface area contributed by atoms with E-state index in [4.69, 9.17) is 21.8 Å². The van der Waals surface area contributed by atoms with Gasteiger partial charge in [0.25, 0.3) is 11.8 Å². The number of ether oxygens (including phenoxy) is 1. The van der Waals surface area contributed by atoms with Gasteiger partial charge in [0.05, 0.1) is 11.8 Å². The average molecular weight is 303 g/mol. The Morgan fingerprint density at radius 1 is 1.05 bits per heavy atom. The number of nitrogens with zero attached hydrogens (tertiary/aromatic N) is 1. The van der Waals surface area contributed by atoms with Crippen LogP contribution in [0.5, 0.6) is 5.75 Å². The molecule has 1 saturated heterocycles. The third-order valence-electron chi connectivity index (χ3n) is 3.58. The second-order valence-corrected chi connectivity index (χ2v) is 5.22. The fraction of sp³-hybridized carbons (Fsp3) is 0.267. The van der Waals surface area contributed by atoms with Crippen LogP contribution in [-0.2, 0) is 14.4 Å². The van der Waals surface area contributed by atoms with Crippen molar-refractivity contribution >= 4 is 29.3 Å². The second kappa shape index (κ2) is 5.65. The molecule has 1 aromatic carbocycles. The predicted molar refractivity (Wildman–Crippen MR) is 78.0 cm³/mol. The Bertz CT molecular complexity index is 587. The van der Waals surface area contributed by atoms with E-state index in [0.717, 1.165) is 5.06 Å². The van der Waals surface area contributed by atoms with Crippen LogP contribution in [0.15, 0.2) is 42.5 Å². The number of thiocarbonyl (C=S) groups is 1. The Labute approximate surface area is 127 Å². The molecule has 0 bridgehead atoms. The van der Waals surface area contributed by atoms with Gasteiger partial charge in [-0.3, -0.25) is 9.59 Å². The maximum Gasteiger partial charge on any atom is 0.383 e. The third kappa shape index (κ3) is 2.67. The van der Waals surface area contributed by atoms with Crippen molar-refractivity contribution in [1.29, 1.82) is 0 Å². The van der Waals surface area contributed by atoms with E-state index in [0.29, 0.717) is 18.6 Å². The molecule has 108 valence electrons. The Kier molecular flexibility index (Phi) is 3.70. The molecule has 1 heterocycles. The van der Waals surface area contributed by atoms with Crippen LogP contribution in [-0.4, -0.2) is 22.1 Å². The van der Waals surface area contributed by atoms with Gasteiger partial charge in [0.1, 0.15) is 5.75 Å². The number of allylic oxidation sites excluding steroid dienone is 2. The molecule has 6 heteroatoms. The Balaban J connectivity index is 1.66. The second-order valence-electron chi connectivity index (χ2n) is 4.88. The molecule has 0 radical (unpaired) electrons. The van der Waals surface area contributed by atoms with Crippen molar-refractivity contribution < 1.29 is 19.2 Å². The molecule has 2 atom stereocenters. The minimum absolute atomic E-state index is 0.269. The van der Waals surface area contributed by atoms with Gasteiger partial charge in [-0.25, -0.2) is 0 Å². The van der Waals surface area contributed by atoms with Crippen LogP contribution in [0, 0.1) is 11.8 Å². The zero-order valence-corrected chi connectivity index (χ0v) is 11.9. The summed E-state index contributed by atoms with van der Waals surface area (Å²) in [4.78, 5) is 29.5. The highest BCUT2D eigenvalue weighted by Gasteiger charge is 2.49. The van der Waals surface area contributed by atoms with E-state index in [1.54, 1.807) is 24.3 Å². The highest BCUT2D eigenvalue weighted by Crippen LogP contribution is 2.35. The van der Waals surface area contributed by atoms with Crippen molar-refractivity contribution in [2.24, 2.45) is 11.8 Å². The summed E-state index contributed by atoms with van der Waals surface area (Å²) in [6, 6.07) is 8.80. The van der Waals surface area contributed by atoms with Gasteiger partial charge in [0.15, 0.2) is 0 Å². The summed E-state index contributed by atoms with van der Waals surface area (Å²) in [6.45, 7) is 0. The number of rotatable bonds is 2. The first-order valence-corrected chi connectivity index (χ1v) is 7.05. The molecule has 21 heavy (non-hydrogen) atoms. The number of hydrogen-bond acceptors (Lipinski definition) is 5. The number of para-hydroxylation sites is 1. The van der Waals surface area contributed by atoms with E-state index in [1.165, 1.54) is 0 Å². The van der Waals surface area contributed by atoms with E-state index in [2.05, 4.69) is 0 Å². The predicted octanol–water partition coefficient (Wildman–Crippen LogP) is 2.23. The maximum atomic E-state index is 12.2. The number of benzene rings is 1. The van der Waals surface area contributed by atoms with E-state index in [9.17, 15) is 9.59 Å². The number of imide groups is 1. The molecule has 2 aliphatic rings. The molecule has 3 rings (SSSR count). The lowest BCUT2D eigenvalue weighted by Gasteiger charge is -2.15. The van der Waals surface area contributed by atoms with E-state index in [-0.39, 0.29) is 28.9 Å². The minimum Gasteiger partial charge on any atom is -0.416 e. The fourth-order valence-electron chi connectivity index (χ4n) is 2.54. The van der Waals surface area contributed by atoms with Gasteiger partial charge in [-0.05, 0) is 25.0 Å². The Hall–Kier alpha value is -2.21. The molecule has 1 aliphatic heterocycles. The van der Waals surface area contributed by atoms with Crippen molar-refractivity contribution in [2.75, 3.05) is 0 Å². The molecular weight excluding hydrogens is 290 g/mol. The minimum atomic E-state index is -0.353. The number of carbonyl (C=O) groups is 2. The van der Waals surface area contributed by atoms with Crippen molar-refractivity contribution in [3.63, 3.8) is 0 Å². The number of amides is 2. The normalized spacial score (nSPS) is 23.9. The number of hydrogen-bond donors (Lipinski definition) is 0. The maximum absolute atomic E-state index is 12.2. The topological polar surface area (TPSA) is 55.8 Å². The lowest BCUT2D eigenvalue weighted by atomic mass is 9.85. The van der Waals surface area contributed by atoms with Crippen LogP contribution >= 0.6 is 12.2 Å². The summed E-state index contributed by atoms with van der Waals surface area (Å²) in [5.41, 5.74) is 0. The number of hydroxylamine groups is 2. The Morgan fingerprint density at radius 2 is 1.62 bits per heavy atom. The molecule has 0 spiro atoms. The van der Waals surface area contributed by atoms with Gasteiger partial charge >= 0.3 is 5.24 Å². The molecule has 1 fully saturated rings. The lowest BCUT2D eigenvalue weighted by molar-refractivity contribution is -0.170. The van der Waals surface area contributed by atoms with Crippen LogP contribution in [0.2, 0.25) is 0 Å². The quantitative estimate of drug-likeness (QED) is 0.476. The molecule has 2 amide bonds. The molecule has 1 aromatic rings. The van der Waals surface area contributed by atoms with Gasteiger partial charge in [-0.2, -0.15) is 0 Å². The third-order valence-corrected chi connectivity index (χ3v) is 3.74. The standard InChI is InChI=1S/C15H13NO4S/c17-13-11-8-4-5-9-12(11)14(18)16(13)20-15(21)19-10-6-2-1-3-7-10/h1-7,11-12H,8-9H2. The van der Waals surface area contributed by atoms with Gasteiger partial charge in [-0.1, -0.05) is 30.4 Å². The summed E-state index contributed by atoms with van der Waals surface area (Å²) in [7, 11) is 0. The van der Waals surface area contributed by atoms with E-state index in [1.807, 2.05) is 18.2 Å².